The van der Waals surface area contributed by atoms with Crippen molar-refractivity contribution >= 4 is 22.5 Å². The van der Waals surface area contributed by atoms with Gasteiger partial charge in [0, 0.05) is 0 Å². The molecule has 0 heterocycles. The van der Waals surface area contributed by atoms with Crippen LogP contribution in [-0.2, 0) is 0 Å². The number of rotatable bonds is 2. The molecule has 0 saturated carbocycles. The van der Waals surface area contributed by atoms with Crippen LogP contribution in [-0.4, -0.2) is 26.4 Å². The summed E-state index contributed by atoms with van der Waals surface area (Å²) < 4.78 is 0.592. The quantitative estimate of drug-likeness (QED) is 0.526. The maximum Gasteiger partial charge on any atom is 0.258 e. The fourth-order valence-electron chi connectivity index (χ4n) is 1.22. The molecule has 0 aliphatic heterocycles. The van der Waals surface area contributed by atoms with Crippen molar-refractivity contribution in [2.75, 3.05) is 21.1 Å². The Balaban J connectivity index is 3.28. The van der Waals surface area contributed by atoms with Crippen molar-refractivity contribution in [2.24, 2.45) is 0 Å². The third-order valence-electron chi connectivity index (χ3n) is 1.84. The van der Waals surface area contributed by atoms with Crippen LogP contribution in [0.2, 0.25) is 0 Å². The Hall–Kier alpha value is -0.860. The summed E-state index contributed by atoms with van der Waals surface area (Å²) in [7, 11) is 6.00. The van der Waals surface area contributed by atoms with Crippen molar-refractivity contribution in [1.82, 2.24) is 4.48 Å². The largest absolute Gasteiger partial charge is 0.298 e. The van der Waals surface area contributed by atoms with Crippen LogP contribution >= 0.6 is 11.6 Å². The van der Waals surface area contributed by atoms with Crippen molar-refractivity contribution in [3.8, 4) is 0 Å². The number of benzene rings is 1. The van der Waals surface area contributed by atoms with Crippen LogP contribution < -0.4 is 4.48 Å². The molecular weight excluding hydrogens is 186 g/mol. The zero-order chi connectivity index (χ0) is 10.1. The van der Waals surface area contributed by atoms with Crippen molar-refractivity contribution in [3.63, 3.8) is 0 Å². The van der Waals surface area contributed by atoms with Gasteiger partial charge in [0.25, 0.3) is 5.24 Å². The molecule has 1 aromatic rings. The molecule has 2 nitrogen and oxygen atoms in total. The minimum Gasteiger partial charge on any atom is -0.298 e. The number of quaternary nitrogens is 1. The SMILES string of the molecule is C[N+](C)(C)c1ccccc1C(=O)Cl. The van der Waals surface area contributed by atoms with Crippen LogP contribution in [0.5, 0.6) is 0 Å². The zero-order valence-corrected chi connectivity index (χ0v) is 8.80. The summed E-state index contributed by atoms with van der Waals surface area (Å²) in [6, 6.07) is 7.38. The molecule has 0 aliphatic rings. The monoisotopic (exact) mass is 198 g/mol. The van der Waals surface area contributed by atoms with Crippen LogP contribution in [0.4, 0.5) is 5.69 Å². The number of nitrogens with zero attached hydrogens (tertiary/aromatic N) is 1. The van der Waals surface area contributed by atoms with E-state index in [9.17, 15) is 4.79 Å². The van der Waals surface area contributed by atoms with Gasteiger partial charge in [-0.1, -0.05) is 12.1 Å². The smallest absolute Gasteiger partial charge is 0.258 e. The van der Waals surface area contributed by atoms with E-state index in [2.05, 4.69) is 0 Å². The van der Waals surface area contributed by atoms with Gasteiger partial charge in [-0.05, 0) is 23.7 Å². The van der Waals surface area contributed by atoms with Gasteiger partial charge in [-0.3, -0.25) is 9.28 Å². The molecule has 0 fully saturated rings. The van der Waals surface area contributed by atoms with Gasteiger partial charge in [0.15, 0.2) is 0 Å². The molecule has 70 valence electrons. The fourth-order valence-corrected chi connectivity index (χ4v) is 1.38. The normalized spacial score (nSPS) is 11.4. The fraction of sp³-hybridized carbons (Fsp3) is 0.300. The second-order valence-corrected chi connectivity index (χ2v) is 4.15. The highest BCUT2D eigenvalue weighted by molar-refractivity contribution is 6.68. The highest BCUT2D eigenvalue weighted by atomic mass is 35.5. The van der Waals surface area contributed by atoms with E-state index in [1.165, 1.54) is 0 Å². The van der Waals surface area contributed by atoms with E-state index in [1.54, 1.807) is 6.07 Å². The number of halogens is 1. The first-order valence-electron chi connectivity index (χ1n) is 4.04. The number of carbonyl (C=O) groups excluding carboxylic acids is 1. The van der Waals surface area contributed by atoms with Crippen molar-refractivity contribution in [1.29, 1.82) is 0 Å². The predicted octanol–water partition coefficient (Wildman–Crippen LogP) is 2.26. The van der Waals surface area contributed by atoms with Gasteiger partial charge in [-0.15, -0.1) is 0 Å². The summed E-state index contributed by atoms with van der Waals surface area (Å²) in [5.41, 5.74) is 1.51. The molecule has 0 aliphatic carbocycles. The van der Waals surface area contributed by atoms with Gasteiger partial charge in [0.2, 0.25) is 0 Å². The molecule has 0 saturated heterocycles. The Morgan fingerprint density at radius 2 is 1.77 bits per heavy atom. The lowest BCUT2D eigenvalue weighted by molar-refractivity contribution is 0.108. The standard InChI is InChI=1S/C10H13ClNO/c1-12(2,3)9-7-5-4-6-8(9)10(11)13/h4-7H,1-3H3/q+1. The summed E-state index contributed by atoms with van der Waals surface area (Å²) in [6.45, 7) is 0. The summed E-state index contributed by atoms with van der Waals surface area (Å²) in [6.07, 6.45) is 0. The molecule has 1 aromatic carbocycles. The van der Waals surface area contributed by atoms with Crippen molar-refractivity contribution in [3.05, 3.63) is 29.8 Å². The Morgan fingerprint density at radius 1 is 1.23 bits per heavy atom. The average Bonchev–Trinajstić information content (AvgIpc) is 2.03. The van der Waals surface area contributed by atoms with E-state index in [0.717, 1.165) is 5.69 Å². The number of carbonyl (C=O) groups is 1. The first kappa shape index (κ1) is 10.2. The number of para-hydroxylation sites is 1. The van der Waals surface area contributed by atoms with Gasteiger partial charge in [0.05, 0.1) is 26.7 Å². The Bertz CT molecular complexity index is 328. The van der Waals surface area contributed by atoms with Crippen LogP contribution in [0.25, 0.3) is 0 Å². The van der Waals surface area contributed by atoms with Gasteiger partial charge < -0.3 is 0 Å². The topological polar surface area (TPSA) is 17.1 Å². The van der Waals surface area contributed by atoms with E-state index in [1.807, 2.05) is 39.3 Å². The molecule has 0 bridgehead atoms. The van der Waals surface area contributed by atoms with E-state index < -0.39 is 5.24 Å². The molecule has 0 N–H and O–H groups in total. The summed E-state index contributed by atoms with van der Waals surface area (Å²) in [5.74, 6) is 0. The molecule has 0 amide bonds. The van der Waals surface area contributed by atoms with E-state index >= 15 is 0 Å². The van der Waals surface area contributed by atoms with Crippen LogP contribution in [0.1, 0.15) is 10.4 Å². The lowest BCUT2D eigenvalue weighted by Gasteiger charge is -2.24. The Labute approximate surface area is 83.3 Å². The Morgan fingerprint density at radius 3 is 2.15 bits per heavy atom. The second kappa shape index (κ2) is 3.48. The first-order valence-corrected chi connectivity index (χ1v) is 4.41. The third-order valence-corrected chi connectivity index (χ3v) is 2.04. The van der Waals surface area contributed by atoms with Crippen LogP contribution in [0.15, 0.2) is 24.3 Å². The van der Waals surface area contributed by atoms with Gasteiger partial charge in [0.1, 0.15) is 5.69 Å². The van der Waals surface area contributed by atoms with Crippen molar-refractivity contribution in [2.45, 2.75) is 0 Å². The second-order valence-electron chi connectivity index (χ2n) is 3.80. The van der Waals surface area contributed by atoms with E-state index in [4.69, 9.17) is 11.6 Å². The minimum atomic E-state index is -0.399. The van der Waals surface area contributed by atoms with Crippen LogP contribution in [0, 0.1) is 0 Å². The summed E-state index contributed by atoms with van der Waals surface area (Å²) in [4.78, 5) is 11.1. The molecule has 3 heteroatoms. The predicted molar refractivity (Wildman–Crippen MR) is 56.2 cm³/mol. The molecule has 0 spiro atoms. The molecule has 1 rings (SSSR count). The summed E-state index contributed by atoms with van der Waals surface area (Å²) in [5, 5.41) is -0.399. The lowest BCUT2D eigenvalue weighted by Crippen LogP contribution is -2.36. The Kier molecular flexibility index (Phi) is 2.74. The number of hydrogen-bond acceptors (Lipinski definition) is 1. The molecule has 0 unspecified atom stereocenters. The molecule has 0 atom stereocenters. The highest BCUT2D eigenvalue weighted by Crippen LogP contribution is 2.23. The maximum atomic E-state index is 11.1. The van der Waals surface area contributed by atoms with E-state index in [0.29, 0.717) is 10.0 Å². The van der Waals surface area contributed by atoms with Gasteiger partial charge >= 0.3 is 0 Å². The molecule has 0 radical (unpaired) electrons. The summed E-state index contributed by atoms with van der Waals surface area (Å²) >= 11 is 5.47. The zero-order valence-electron chi connectivity index (χ0n) is 8.04. The minimum absolute atomic E-state index is 0.399. The van der Waals surface area contributed by atoms with Crippen LogP contribution in [0.3, 0.4) is 0 Å². The van der Waals surface area contributed by atoms with Crippen molar-refractivity contribution < 1.29 is 4.79 Å². The van der Waals surface area contributed by atoms with E-state index in [-0.39, 0.29) is 0 Å². The molecule has 0 aromatic heterocycles. The highest BCUT2D eigenvalue weighted by Gasteiger charge is 2.19. The number of hydrogen-bond donors (Lipinski definition) is 0. The average molecular weight is 199 g/mol. The lowest BCUT2D eigenvalue weighted by atomic mass is 10.1. The third kappa shape index (κ3) is 2.29. The maximum absolute atomic E-state index is 11.1. The van der Waals surface area contributed by atoms with Gasteiger partial charge in [-0.2, -0.15) is 0 Å². The first-order chi connectivity index (χ1) is 5.93. The molecular formula is C10H13ClNO+. The molecule has 13 heavy (non-hydrogen) atoms. The van der Waals surface area contributed by atoms with Gasteiger partial charge in [-0.25, -0.2) is 0 Å².